The van der Waals surface area contributed by atoms with Gasteiger partial charge in [-0.2, -0.15) is 0 Å². The molecule has 0 saturated heterocycles. The molecule has 190 valence electrons. The number of esters is 1. The molecular formula is C30H46O4. The van der Waals surface area contributed by atoms with Crippen LogP contribution in [0.1, 0.15) is 93.4 Å². The molecule has 1 N–H and O–H groups in total. The molecule has 0 aliphatic heterocycles. The minimum atomic E-state index is -0.996. The average molecular weight is 471 g/mol. The van der Waals surface area contributed by atoms with Gasteiger partial charge in [0.05, 0.1) is 5.60 Å². The minimum Gasteiger partial charge on any atom is -0.462 e. The first-order valence-electron chi connectivity index (χ1n) is 13.6. The fourth-order valence-electron chi connectivity index (χ4n) is 8.24. The Morgan fingerprint density at radius 2 is 1.85 bits per heavy atom. The summed E-state index contributed by atoms with van der Waals surface area (Å²) in [6.07, 6.45) is 12.1. The summed E-state index contributed by atoms with van der Waals surface area (Å²) >= 11 is 0. The summed E-state index contributed by atoms with van der Waals surface area (Å²) in [5.74, 6) is 2.40. The van der Waals surface area contributed by atoms with Crippen LogP contribution in [0.3, 0.4) is 0 Å². The number of Topliss-reactive ketones (excluding diaryl/α,β-unsaturated/α-hetero) is 1. The van der Waals surface area contributed by atoms with Gasteiger partial charge in [-0.25, -0.2) is 0 Å². The van der Waals surface area contributed by atoms with Crippen molar-refractivity contribution in [3.05, 3.63) is 23.8 Å². The van der Waals surface area contributed by atoms with Crippen molar-refractivity contribution in [3.8, 4) is 0 Å². The van der Waals surface area contributed by atoms with Crippen LogP contribution in [0.25, 0.3) is 0 Å². The zero-order chi connectivity index (χ0) is 25.1. The number of aliphatic hydroxyl groups is 1. The van der Waals surface area contributed by atoms with E-state index in [1.165, 1.54) is 12.5 Å². The fourth-order valence-corrected chi connectivity index (χ4v) is 8.24. The topological polar surface area (TPSA) is 63.6 Å². The molecule has 0 heterocycles. The van der Waals surface area contributed by atoms with Gasteiger partial charge in [-0.3, -0.25) is 9.59 Å². The molecule has 3 fully saturated rings. The standard InChI is InChI=1S/C30H46O4/c1-18(2)19(3)8-9-20(4)24-10-11-25-23-13-15-30(33)16-22(34-21(5)31)12-14-29(30,7)27(23)26(32)17-28(24,25)6/h8-9,13,18-20,22,24-25,27,33H,10-12,14-17H2,1-7H3/b9-8+/t19-,20+,22+,24-,25-,27-,28-,29+,30+/m0/s1. The molecule has 4 nitrogen and oxygen atoms in total. The Morgan fingerprint density at radius 3 is 2.50 bits per heavy atom. The van der Waals surface area contributed by atoms with Gasteiger partial charge in [-0.15, -0.1) is 0 Å². The van der Waals surface area contributed by atoms with Crippen LogP contribution < -0.4 is 0 Å². The van der Waals surface area contributed by atoms with Crippen LogP contribution in [0.5, 0.6) is 0 Å². The molecule has 0 unspecified atom stereocenters. The Balaban J connectivity index is 1.60. The molecule has 0 amide bonds. The number of fused-ring (bicyclic) bond motifs is 5. The van der Waals surface area contributed by atoms with Crippen molar-refractivity contribution in [2.45, 2.75) is 105 Å². The van der Waals surface area contributed by atoms with E-state index in [1.54, 1.807) is 0 Å². The summed E-state index contributed by atoms with van der Waals surface area (Å²) < 4.78 is 5.48. The number of ether oxygens (including phenoxy) is 1. The Kier molecular flexibility index (Phi) is 6.72. The second-order valence-corrected chi connectivity index (χ2v) is 13.0. The first-order chi connectivity index (χ1) is 15.8. The van der Waals surface area contributed by atoms with Gasteiger partial charge in [0.15, 0.2) is 0 Å². The predicted octanol–water partition coefficient (Wildman–Crippen LogP) is 6.28. The average Bonchev–Trinajstić information content (AvgIpc) is 3.08. The number of hydrogen-bond donors (Lipinski definition) is 1. The Labute approximate surface area is 206 Å². The van der Waals surface area contributed by atoms with Crippen molar-refractivity contribution in [2.24, 2.45) is 46.3 Å². The molecule has 0 bridgehead atoms. The Bertz CT molecular complexity index is 886. The maximum atomic E-state index is 13.9. The van der Waals surface area contributed by atoms with E-state index in [9.17, 15) is 14.7 Å². The first-order valence-corrected chi connectivity index (χ1v) is 13.6. The van der Waals surface area contributed by atoms with Crippen LogP contribution in [0.15, 0.2) is 23.8 Å². The van der Waals surface area contributed by atoms with E-state index < -0.39 is 11.0 Å². The second kappa shape index (κ2) is 8.91. The van der Waals surface area contributed by atoms with Crippen LogP contribution in [-0.2, 0) is 14.3 Å². The molecule has 0 radical (unpaired) electrons. The number of ketones is 1. The van der Waals surface area contributed by atoms with Crippen LogP contribution in [-0.4, -0.2) is 28.6 Å². The molecule has 0 aromatic heterocycles. The molecule has 34 heavy (non-hydrogen) atoms. The van der Waals surface area contributed by atoms with E-state index in [0.29, 0.717) is 61.1 Å². The largest absolute Gasteiger partial charge is 0.462 e. The van der Waals surface area contributed by atoms with Crippen molar-refractivity contribution in [3.63, 3.8) is 0 Å². The lowest BCUT2D eigenvalue weighted by atomic mass is 9.46. The second-order valence-electron chi connectivity index (χ2n) is 13.0. The highest BCUT2D eigenvalue weighted by Crippen LogP contribution is 2.66. The van der Waals surface area contributed by atoms with Crippen molar-refractivity contribution in [1.29, 1.82) is 0 Å². The number of rotatable bonds is 5. The van der Waals surface area contributed by atoms with Crippen molar-refractivity contribution >= 4 is 11.8 Å². The lowest BCUT2D eigenvalue weighted by molar-refractivity contribution is -0.186. The summed E-state index contributed by atoms with van der Waals surface area (Å²) in [6, 6.07) is 0. The zero-order valence-electron chi connectivity index (χ0n) is 22.4. The summed E-state index contributed by atoms with van der Waals surface area (Å²) in [5.41, 5.74) is -0.177. The molecular weight excluding hydrogens is 424 g/mol. The van der Waals surface area contributed by atoms with Crippen LogP contribution >= 0.6 is 0 Å². The molecule has 4 aliphatic carbocycles. The predicted molar refractivity (Wildman–Crippen MR) is 135 cm³/mol. The molecule has 0 aromatic rings. The van der Waals surface area contributed by atoms with Gasteiger partial charge < -0.3 is 9.84 Å². The van der Waals surface area contributed by atoms with Gasteiger partial charge in [0.1, 0.15) is 11.9 Å². The van der Waals surface area contributed by atoms with Crippen LogP contribution in [0.4, 0.5) is 0 Å². The third-order valence-electron chi connectivity index (χ3n) is 10.7. The Morgan fingerprint density at radius 1 is 1.15 bits per heavy atom. The highest BCUT2D eigenvalue weighted by Gasteiger charge is 2.65. The number of carbonyl (C=O) groups is 2. The lowest BCUT2D eigenvalue weighted by Crippen LogP contribution is -2.62. The summed E-state index contributed by atoms with van der Waals surface area (Å²) in [5, 5.41) is 11.8. The van der Waals surface area contributed by atoms with Gasteiger partial charge in [-0.1, -0.05) is 65.3 Å². The maximum Gasteiger partial charge on any atom is 0.302 e. The SMILES string of the molecule is CC(=O)O[C@@H]1CC[C@]2(C)[C@@H]3C(=O)C[C@]4(C)[C@@H](CC[C@H]4[C@H](C)/C=C/[C@H](C)C(C)C)C3=CC[C@@]2(O)C1. The summed E-state index contributed by atoms with van der Waals surface area (Å²) in [7, 11) is 0. The highest BCUT2D eigenvalue weighted by molar-refractivity contribution is 5.87. The Hall–Kier alpha value is -1.42. The molecule has 4 rings (SSSR count). The van der Waals surface area contributed by atoms with E-state index in [2.05, 4.69) is 59.8 Å². The normalized spacial score (nSPS) is 43.7. The number of allylic oxidation sites excluding steroid dienone is 3. The van der Waals surface area contributed by atoms with Gasteiger partial charge >= 0.3 is 5.97 Å². The van der Waals surface area contributed by atoms with Gasteiger partial charge in [0.2, 0.25) is 0 Å². The number of carbonyl (C=O) groups excluding carboxylic acids is 2. The smallest absolute Gasteiger partial charge is 0.302 e. The monoisotopic (exact) mass is 470 g/mol. The molecule has 0 spiro atoms. The summed E-state index contributed by atoms with van der Waals surface area (Å²) in [4.78, 5) is 25.4. The number of hydrogen-bond acceptors (Lipinski definition) is 4. The first kappa shape index (κ1) is 25.7. The molecule has 4 heteroatoms. The minimum absolute atomic E-state index is 0.00893. The maximum absolute atomic E-state index is 13.9. The van der Waals surface area contributed by atoms with Gasteiger partial charge in [-0.05, 0) is 67.1 Å². The van der Waals surface area contributed by atoms with Crippen LogP contribution in [0.2, 0.25) is 0 Å². The van der Waals surface area contributed by atoms with Gasteiger partial charge in [0, 0.05) is 31.1 Å². The van der Waals surface area contributed by atoms with Crippen LogP contribution in [0, 0.1) is 46.3 Å². The van der Waals surface area contributed by atoms with Crippen molar-refractivity contribution in [2.75, 3.05) is 0 Å². The fraction of sp³-hybridized carbons (Fsp3) is 0.800. The molecule has 4 aliphatic rings. The third-order valence-corrected chi connectivity index (χ3v) is 10.7. The molecule has 3 saturated carbocycles. The van der Waals surface area contributed by atoms with Gasteiger partial charge in [0.25, 0.3) is 0 Å². The molecule has 0 aromatic carbocycles. The summed E-state index contributed by atoms with van der Waals surface area (Å²) in [6.45, 7) is 15.1. The van der Waals surface area contributed by atoms with E-state index in [0.717, 1.165) is 19.3 Å². The van der Waals surface area contributed by atoms with Crippen molar-refractivity contribution in [1.82, 2.24) is 0 Å². The van der Waals surface area contributed by atoms with E-state index in [-0.39, 0.29) is 23.4 Å². The van der Waals surface area contributed by atoms with E-state index in [4.69, 9.17) is 4.74 Å². The highest BCUT2D eigenvalue weighted by atomic mass is 16.5. The molecule has 9 atom stereocenters. The third kappa shape index (κ3) is 4.02. The van der Waals surface area contributed by atoms with E-state index in [1.807, 2.05) is 0 Å². The van der Waals surface area contributed by atoms with E-state index >= 15 is 0 Å². The zero-order valence-corrected chi connectivity index (χ0v) is 22.4. The lowest BCUT2D eigenvalue weighted by Gasteiger charge is -2.60. The quantitative estimate of drug-likeness (QED) is 0.380. The van der Waals surface area contributed by atoms with Crippen molar-refractivity contribution < 1.29 is 19.4 Å².